The zero-order chi connectivity index (χ0) is 13.4. The van der Waals surface area contributed by atoms with Crippen molar-refractivity contribution >= 4 is 0 Å². The summed E-state index contributed by atoms with van der Waals surface area (Å²) in [6.45, 7) is 1.83. The largest absolute Gasteiger partial charge is 0.496 e. The van der Waals surface area contributed by atoms with Crippen LogP contribution >= 0.6 is 0 Å². The van der Waals surface area contributed by atoms with E-state index in [1.54, 1.807) is 7.11 Å². The van der Waals surface area contributed by atoms with Crippen LogP contribution in [0.25, 0.3) is 0 Å². The summed E-state index contributed by atoms with van der Waals surface area (Å²) in [5.41, 5.74) is 7.33. The van der Waals surface area contributed by atoms with Gasteiger partial charge in [0, 0.05) is 24.2 Å². The van der Waals surface area contributed by atoms with E-state index < -0.39 is 0 Å². The molecule has 0 unspecified atom stereocenters. The number of methoxy groups -OCH3 is 1. The second kappa shape index (κ2) is 7.72. The lowest BCUT2D eigenvalue weighted by Crippen LogP contribution is -2.21. The number of hydrogen-bond donors (Lipinski definition) is 2. The number of ether oxygens (including phenoxy) is 1. The van der Waals surface area contributed by atoms with Crippen LogP contribution < -0.4 is 10.5 Å². The molecule has 0 bridgehead atoms. The fourth-order valence-electron chi connectivity index (χ4n) is 1.67. The van der Waals surface area contributed by atoms with Gasteiger partial charge in [0.15, 0.2) is 0 Å². The lowest BCUT2D eigenvalue weighted by atomic mass is 10.1. The number of rotatable bonds is 5. The summed E-state index contributed by atoms with van der Waals surface area (Å²) in [6.07, 6.45) is 0. The SMILES string of the molecule is COc1ccc(C#CCN)cc1CN(C)CCO. The Morgan fingerprint density at radius 1 is 1.44 bits per heavy atom. The fourth-order valence-corrected chi connectivity index (χ4v) is 1.67. The highest BCUT2D eigenvalue weighted by atomic mass is 16.5. The second-order valence-electron chi connectivity index (χ2n) is 3.99. The molecule has 0 radical (unpaired) electrons. The summed E-state index contributed by atoms with van der Waals surface area (Å²) in [7, 11) is 3.60. The van der Waals surface area contributed by atoms with E-state index in [0.29, 0.717) is 19.6 Å². The van der Waals surface area contributed by atoms with E-state index in [0.717, 1.165) is 16.9 Å². The van der Waals surface area contributed by atoms with E-state index in [4.69, 9.17) is 15.6 Å². The van der Waals surface area contributed by atoms with Gasteiger partial charge < -0.3 is 15.6 Å². The molecule has 0 atom stereocenters. The molecule has 0 fully saturated rings. The van der Waals surface area contributed by atoms with Crippen molar-refractivity contribution < 1.29 is 9.84 Å². The van der Waals surface area contributed by atoms with Crippen LogP contribution in [0, 0.1) is 11.8 Å². The first-order valence-corrected chi connectivity index (χ1v) is 5.86. The van der Waals surface area contributed by atoms with Crippen molar-refractivity contribution in [2.24, 2.45) is 5.73 Å². The number of aliphatic hydroxyl groups is 1. The van der Waals surface area contributed by atoms with Crippen LogP contribution in [0.15, 0.2) is 18.2 Å². The Balaban J connectivity index is 2.91. The highest BCUT2D eigenvalue weighted by molar-refractivity contribution is 5.44. The zero-order valence-electron chi connectivity index (χ0n) is 10.9. The van der Waals surface area contributed by atoms with Crippen molar-refractivity contribution in [3.05, 3.63) is 29.3 Å². The first-order valence-electron chi connectivity index (χ1n) is 5.86. The van der Waals surface area contributed by atoms with Crippen LogP contribution in [0.3, 0.4) is 0 Å². The Kier molecular flexibility index (Phi) is 6.23. The van der Waals surface area contributed by atoms with E-state index in [1.165, 1.54) is 0 Å². The minimum absolute atomic E-state index is 0.144. The summed E-state index contributed by atoms with van der Waals surface area (Å²) < 4.78 is 5.32. The quantitative estimate of drug-likeness (QED) is 0.742. The van der Waals surface area contributed by atoms with Crippen LogP contribution in [-0.4, -0.2) is 43.9 Å². The summed E-state index contributed by atoms with van der Waals surface area (Å²) in [4.78, 5) is 2.03. The van der Waals surface area contributed by atoms with Crippen molar-refractivity contribution in [3.63, 3.8) is 0 Å². The standard InChI is InChI=1S/C14H20N2O2/c1-16(8-9-17)11-13-10-12(4-3-7-15)5-6-14(13)18-2/h5-6,10,17H,7-9,11,15H2,1-2H3. The number of hydrogen-bond acceptors (Lipinski definition) is 4. The summed E-state index contributed by atoms with van der Waals surface area (Å²) in [5, 5.41) is 8.90. The summed E-state index contributed by atoms with van der Waals surface area (Å²) in [5.74, 6) is 6.67. The van der Waals surface area contributed by atoms with Crippen molar-refractivity contribution in [1.29, 1.82) is 0 Å². The van der Waals surface area contributed by atoms with Gasteiger partial charge in [-0.15, -0.1) is 0 Å². The first-order chi connectivity index (χ1) is 8.71. The Bertz CT molecular complexity index is 435. The summed E-state index contributed by atoms with van der Waals surface area (Å²) in [6, 6.07) is 5.81. The molecule has 0 aliphatic rings. The number of benzene rings is 1. The maximum absolute atomic E-state index is 8.90. The van der Waals surface area contributed by atoms with Crippen LogP contribution in [0.1, 0.15) is 11.1 Å². The van der Waals surface area contributed by atoms with Gasteiger partial charge in [-0.1, -0.05) is 11.8 Å². The Morgan fingerprint density at radius 3 is 2.83 bits per heavy atom. The smallest absolute Gasteiger partial charge is 0.123 e. The highest BCUT2D eigenvalue weighted by Gasteiger charge is 2.06. The predicted octanol–water partition coefficient (Wildman–Crippen LogP) is 0.429. The molecule has 0 aliphatic carbocycles. The molecule has 3 N–H and O–H groups in total. The normalized spacial score (nSPS) is 10.1. The van der Waals surface area contributed by atoms with E-state index in [9.17, 15) is 0 Å². The Labute approximate surface area is 108 Å². The van der Waals surface area contributed by atoms with Gasteiger partial charge in [-0.2, -0.15) is 0 Å². The molecule has 18 heavy (non-hydrogen) atoms. The molecule has 0 heterocycles. The van der Waals surface area contributed by atoms with E-state index in [1.807, 2.05) is 30.1 Å². The van der Waals surface area contributed by atoms with Crippen LogP contribution in [-0.2, 0) is 6.54 Å². The topological polar surface area (TPSA) is 58.7 Å². The molecule has 0 aliphatic heterocycles. The number of nitrogens with zero attached hydrogens (tertiary/aromatic N) is 1. The van der Waals surface area contributed by atoms with Gasteiger partial charge in [-0.3, -0.25) is 4.90 Å². The van der Waals surface area contributed by atoms with Crippen LogP contribution in [0.5, 0.6) is 5.75 Å². The molecule has 1 aromatic carbocycles. The third kappa shape index (κ3) is 4.38. The van der Waals surface area contributed by atoms with Gasteiger partial charge in [0.1, 0.15) is 5.75 Å². The van der Waals surface area contributed by atoms with Gasteiger partial charge in [0.25, 0.3) is 0 Å². The maximum atomic E-state index is 8.90. The minimum Gasteiger partial charge on any atom is -0.496 e. The summed E-state index contributed by atoms with van der Waals surface area (Å²) >= 11 is 0. The third-order valence-electron chi connectivity index (χ3n) is 2.54. The molecule has 0 spiro atoms. The van der Waals surface area contributed by atoms with Gasteiger partial charge in [0.2, 0.25) is 0 Å². The van der Waals surface area contributed by atoms with E-state index >= 15 is 0 Å². The van der Waals surface area contributed by atoms with Crippen molar-refractivity contribution in [2.75, 3.05) is 33.9 Å². The van der Waals surface area contributed by atoms with Gasteiger partial charge in [0.05, 0.1) is 20.3 Å². The molecule has 0 saturated carbocycles. The van der Waals surface area contributed by atoms with Crippen LogP contribution in [0.2, 0.25) is 0 Å². The maximum Gasteiger partial charge on any atom is 0.123 e. The highest BCUT2D eigenvalue weighted by Crippen LogP contribution is 2.20. The van der Waals surface area contributed by atoms with E-state index in [-0.39, 0.29) is 6.61 Å². The molecule has 0 saturated heterocycles. The molecule has 4 heteroatoms. The molecular formula is C14H20N2O2. The van der Waals surface area contributed by atoms with Gasteiger partial charge in [-0.25, -0.2) is 0 Å². The van der Waals surface area contributed by atoms with Gasteiger partial charge in [-0.05, 0) is 25.2 Å². The number of nitrogens with two attached hydrogens (primary N) is 1. The first kappa shape index (κ1) is 14.5. The monoisotopic (exact) mass is 248 g/mol. The molecule has 0 amide bonds. The predicted molar refractivity (Wildman–Crippen MR) is 72.3 cm³/mol. The average molecular weight is 248 g/mol. The van der Waals surface area contributed by atoms with Crippen molar-refractivity contribution in [2.45, 2.75) is 6.54 Å². The second-order valence-corrected chi connectivity index (χ2v) is 3.99. The number of aliphatic hydroxyl groups excluding tert-OH is 1. The number of likely N-dealkylation sites (N-methyl/N-ethyl adjacent to an activating group) is 1. The molecule has 1 rings (SSSR count). The van der Waals surface area contributed by atoms with Crippen molar-refractivity contribution in [3.8, 4) is 17.6 Å². The minimum atomic E-state index is 0.144. The van der Waals surface area contributed by atoms with Crippen molar-refractivity contribution in [1.82, 2.24) is 4.90 Å². The lowest BCUT2D eigenvalue weighted by Gasteiger charge is -2.17. The molecule has 98 valence electrons. The Hall–Kier alpha value is -1.54. The molecule has 1 aromatic rings. The fraction of sp³-hybridized carbons (Fsp3) is 0.429. The molecular weight excluding hydrogens is 228 g/mol. The zero-order valence-corrected chi connectivity index (χ0v) is 10.9. The average Bonchev–Trinajstić information content (AvgIpc) is 2.37. The van der Waals surface area contributed by atoms with Crippen LogP contribution in [0.4, 0.5) is 0 Å². The lowest BCUT2D eigenvalue weighted by molar-refractivity contribution is 0.216. The third-order valence-corrected chi connectivity index (χ3v) is 2.54. The van der Waals surface area contributed by atoms with Gasteiger partial charge >= 0.3 is 0 Å². The molecule has 4 nitrogen and oxygen atoms in total. The van der Waals surface area contributed by atoms with E-state index in [2.05, 4.69) is 11.8 Å². The molecule has 0 aromatic heterocycles. The Morgan fingerprint density at radius 2 is 2.22 bits per heavy atom.